The maximum atomic E-state index is 10.2. The summed E-state index contributed by atoms with van der Waals surface area (Å²) in [6, 6.07) is 0. The average molecular weight is 142 g/mol. The van der Waals surface area contributed by atoms with Gasteiger partial charge in [0.1, 0.15) is 0 Å². The highest BCUT2D eigenvalue weighted by Gasteiger charge is 2.19. The summed E-state index contributed by atoms with van der Waals surface area (Å²) in [6.45, 7) is 3.05. The van der Waals surface area contributed by atoms with Crippen molar-refractivity contribution in [3.8, 4) is 0 Å². The first-order valence-corrected chi connectivity index (χ1v) is 2.70. The SMILES string of the molecule is Cc1noc(C)c1[N+](=O)[O-]. The van der Waals surface area contributed by atoms with Gasteiger partial charge in [-0.05, 0) is 6.92 Å². The number of aryl methyl sites for hydroxylation is 2. The van der Waals surface area contributed by atoms with E-state index in [1.807, 2.05) is 0 Å². The molecule has 0 atom stereocenters. The van der Waals surface area contributed by atoms with Gasteiger partial charge in [-0.2, -0.15) is 0 Å². The molecule has 0 saturated carbocycles. The molecule has 0 bridgehead atoms. The molecule has 0 amide bonds. The average Bonchev–Trinajstić information content (AvgIpc) is 2.11. The fourth-order valence-corrected chi connectivity index (χ4v) is 0.739. The van der Waals surface area contributed by atoms with E-state index in [0.29, 0.717) is 5.69 Å². The monoisotopic (exact) mass is 142 g/mol. The summed E-state index contributed by atoms with van der Waals surface area (Å²) < 4.78 is 4.56. The van der Waals surface area contributed by atoms with Crippen LogP contribution in [0.3, 0.4) is 0 Å². The predicted molar refractivity (Wildman–Crippen MR) is 32.6 cm³/mol. The van der Waals surface area contributed by atoms with Crippen molar-refractivity contribution < 1.29 is 9.45 Å². The van der Waals surface area contributed by atoms with Crippen LogP contribution in [0.5, 0.6) is 0 Å². The van der Waals surface area contributed by atoms with Crippen LogP contribution >= 0.6 is 0 Å². The van der Waals surface area contributed by atoms with E-state index in [4.69, 9.17) is 0 Å². The molecule has 0 aliphatic rings. The molecule has 0 aliphatic heterocycles. The lowest BCUT2D eigenvalue weighted by molar-refractivity contribution is -0.386. The summed E-state index contributed by atoms with van der Waals surface area (Å²) in [5, 5.41) is 13.6. The van der Waals surface area contributed by atoms with Crippen LogP contribution in [0, 0.1) is 24.0 Å². The normalized spacial score (nSPS) is 9.80. The van der Waals surface area contributed by atoms with Crippen molar-refractivity contribution in [1.29, 1.82) is 0 Å². The van der Waals surface area contributed by atoms with E-state index >= 15 is 0 Å². The van der Waals surface area contributed by atoms with Gasteiger partial charge in [0, 0.05) is 6.92 Å². The van der Waals surface area contributed by atoms with Gasteiger partial charge in [-0.15, -0.1) is 0 Å². The third-order valence-corrected chi connectivity index (χ3v) is 1.18. The van der Waals surface area contributed by atoms with Crippen molar-refractivity contribution in [2.45, 2.75) is 13.8 Å². The Morgan fingerprint density at radius 1 is 1.60 bits per heavy atom. The number of aromatic nitrogens is 1. The lowest BCUT2D eigenvalue weighted by Crippen LogP contribution is -1.89. The van der Waals surface area contributed by atoms with Crippen molar-refractivity contribution in [3.63, 3.8) is 0 Å². The summed E-state index contributed by atoms with van der Waals surface area (Å²) in [7, 11) is 0. The van der Waals surface area contributed by atoms with E-state index in [2.05, 4.69) is 9.68 Å². The zero-order valence-electron chi connectivity index (χ0n) is 5.62. The van der Waals surface area contributed by atoms with Gasteiger partial charge in [0.2, 0.25) is 5.76 Å². The van der Waals surface area contributed by atoms with Gasteiger partial charge in [0.05, 0.1) is 4.92 Å². The summed E-state index contributed by atoms with van der Waals surface area (Å²) >= 11 is 0. The van der Waals surface area contributed by atoms with Crippen LogP contribution in [0.4, 0.5) is 5.69 Å². The molecule has 10 heavy (non-hydrogen) atoms. The smallest absolute Gasteiger partial charge is 0.334 e. The van der Waals surface area contributed by atoms with Crippen LogP contribution < -0.4 is 0 Å². The van der Waals surface area contributed by atoms with Crippen molar-refractivity contribution in [2.75, 3.05) is 0 Å². The molecule has 5 heteroatoms. The van der Waals surface area contributed by atoms with Gasteiger partial charge in [0.15, 0.2) is 5.69 Å². The Morgan fingerprint density at radius 2 is 2.20 bits per heavy atom. The van der Waals surface area contributed by atoms with Crippen molar-refractivity contribution in [3.05, 3.63) is 21.6 Å². The molecule has 1 aromatic heterocycles. The number of rotatable bonds is 1. The lowest BCUT2D eigenvalue weighted by atomic mass is 10.3. The molecule has 0 fully saturated rings. The lowest BCUT2D eigenvalue weighted by Gasteiger charge is -1.83. The molecule has 54 valence electrons. The fourth-order valence-electron chi connectivity index (χ4n) is 0.739. The van der Waals surface area contributed by atoms with Crippen LogP contribution in [0.1, 0.15) is 11.5 Å². The highest BCUT2D eigenvalue weighted by Crippen LogP contribution is 2.20. The molecule has 5 nitrogen and oxygen atoms in total. The third kappa shape index (κ3) is 0.854. The minimum atomic E-state index is -0.499. The quantitative estimate of drug-likeness (QED) is 0.436. The van der Waals surface area contributed by atoms with E-state index < -0.39 is 4.92 Å². The van der Waals surface area contributed by atoms with Gasteiger partial charge >= 0.3 is 5.69 Å². The second-order valence-corrected chi connectivity index (χ2v) is 1.93. The second-order valence-electron chi connectivity index (χ2n) is 1.93. The number of hydrogen-bond donors (Lipinski definition) is 0. The molecular formula is C5H6N2O3. The molecule has 1 rings (SSSR count). The summed E-state index contributed by atoms with van der Waals surface area (Å²) in [4.78, 5) is 9.71. The predicted octanol–water partition coefficient (Wildman–Crippen LogP) is 1.20. The number of nitro groups is 1. The molecule has 0 N–H and O–H groups in total. The first kappa shape index (κ1) is 6.73. The van der Waals surface area contributed by atoms with Crippen molar-refractivity contribution >= 4 is 5.69 Å². The Morgan fingerprint density at radius 3 is 2.40 bits per heavy atom. The van der Waals surface area contributed by atoms with E-state index in [0.717, 1.165) is 0 Å². The first-order valence-electron chi connectivity index (χ1n) is 2.70. The Hall–Kier alpha value is -1.39. The van der Waals surface area contributed by atoms with E-state index in [-0.39, 0.29) is 11.4 Å². The van der Waals surface area contributed by atoms with E-state index in [9.17, 15) is 10.1 Å². The van der Waals surface area contributed by atoms with Gasteiger partial charge < -0.3 is 4.52 Å². The molecule has 0 aliphatic carbocycles. The zero-order valence-corrected chi connectivity index (χ0v) is 5.62. The zero-order chi connectivity index (χ0) is 7.72. The Kier molecular flexibility index (Phi) is 1.41. The fraction of sp³-hybridized carbons (Fsp3) is 0.400. The van der Waals surface area contributed by atoms with Crippen LogP contribution in [-0.2, 0) is 0 Å². The third-order valence-electron chi connectivity index (χ3n) is 1.18. The molecule has 1 heterocycles. The van der Waals surface area contributed by atoms with Gasteiger partial charge in [-0.1, -0.05) is 5.16 Å². The van der Waals surface area contributed by atoms with E-state index in [1.54, 1.807) is 0 Å². The molecule has 0 aromatic carbocycles. The highest BCUT2D eigenvalue weighted by atomic mass is 16.6. The number of hydrogen-bond acceptors (Lipinski definition) is 4. The first-order chi connectivity index (χ1) is 4.63. The van der Waals surface area contributed by atoms with E-state index in [1.165, 1.54) is 13.8 Å². The Bertz CT molecular complexity index is 246. The molecule has 0 unspecified atom stereocenters. The standard InChI is InChI=1S/C5H6N2O3/c1-3-5(7(8)9)4(2)10-6-3/h1-2H3. The van der Waals surface area contributed by atoms with Crippen LogP contribution in [0.25, 0.3) is 0 Å². The van der Waals surface area contributed by atoms with Crippen molar-refractivity contribution in [1.82, 2.24) is 5.16 Å². The second kappa shape index (κ2) is 2.09. The van der Waals surface area contributed by atoms with Crippen LogP contribution in [-0.4, -0.2) is 10.1 Å². The van der Waals surface area contributed by atoms with Crippen LogP contribution in [0.15, 0.2) is 4.52 Å². The van der Waals surface area contributed by atoms with Gasteiger partial charge in [-0.25, -0.2) is 0 Å². The molecule has 0 saturated heterocycles. The molecule has 0 radical (unpaired) electrons. The summed E-state index contributed by atoms with van der Waals surface area (Å²) in [5.41, 5.74) is 0.294. The largest absolute Gasteiger partial charge is 0.354 e. The van der Waals surface area contributed by atoms with Crippen LogP contribution in [0.2, 0.25) is 0 Å². The molecule has 1 aromatic rings. The van der Waals surface area contributed by atoms with Gasteiger partial charge in [0.25, 0.3) is 0 Å². The maximum absolute atomic E-state index is 10.2. The summed E-state index contributed by atoms with van der Waals surface area (Å²) in [6.07, 6.45) is 0. The minimum Gasteiger partial charge on any atom is -0.354 e. The Balaban J connectivity index is 3.23. The molecular weight excluding hydrogens is 136 g/mol. The Labute approximate surface area is 56.8 Å². The summed E-state index contributed by atoms with van der Waals surface area (Å²) in [5.74, 6) is 0.252. The van der Waals surface area contributed by atoms with Crippen molar-refractivity contribution in [2.24, 2.45) is 0 Å². The molecule has 0 spiro atoms. The van der Waals surface area contributed by atoms with Gasteiger partial charge in [-0.3, -0.25) is 10.1 Å². The topological polar surface area (TPSA) is 69.2 Å². The highest BCUT2D eigenvalue weighted by molar-refractivity contribution is 5.36. The number of nitrogens with zero attached hydrogens (tertiary/aromatic N) is 2. The maximum Gasteiger partial charge on any atom is 0.334 e. The minimum absolute atomic E-state index is 0.0278.